The van der Waals surface area contributed by atoms with Gasteiger partial charge in [-0.25, -0.2) is 0 Å². The first-order valence-electron chi connectivity index (χ1n) is 7.65. The van der Waals surface area contributed by atoms with Crippen LogP contribution in [0.25, 0.3) is 0 Å². The Morgan fingerprint density at radius 2 is 2.25 bits per heavy atom. The van der Waals surface area contributed by atoms with Crippen molar-refractivity contribution < 1.29 is 4.79 Å². The number of aromatic nitrogens is 2. The number of carbonyl (C=O) groups excluding carboxylic acids is 1. The van der Waals surface area contributed by atoms with E-state index in [1.54, 1.807) is 0 Å². The van der Waals surface area contributed by atoms with Crippen LogP contribution in [-0.2, 0) is 6.42 Å². The zero-order valence-electron chi connectivity index (χ0n) is 12.0. The topological polar surface area (TPSA) is 58.1 Å². The van der Waals surface area contributed by atoms with Crippen LogP contribution in [0.2, 0.25) is 0 Å². The Bertz CT molecular complexity index is 465. The second-order valence-corrected chi connectivity index (χ2v) is 6.49. The van der Waals surface area contributed by atoms with Crippen LogP contribution >= 0.6 is 11.5 Å². The summed E-state index contributed by atoms with van der Waals surface area (Å²) >= 11 is 1.25. The molecular formula is C14H22N4OS. The van der Waals surface area contributed by atoms with Crippen molar-refractivity contribution in [3.63, 3.8) is 0 Å². The van der Waals surface area contributed by atoms with Gasteiger partial charge >= 0.3 is 0 Å². The zero-order chi connectivity index (χ0) is 13.9. The summed E-state index contributed by atoms with van der Waals surface area (Å²) in [6.45, 7) is 3.95. The highest BCUT2D eigenvalue weighted by molar-refractivity contribution is 7.08. The number of hydrogen-bond donors (Lipinski definition) is 1. The number of rotatable bonds is 5. The third-order valence-electron chi connectivity index (χ3n) is 4.16. The molecule has 2 aliphatic rings. The Morgan fingerprint density at radius 1 is 1.40 bits per heavy atom. The van der Waals surface area contributed by atoms with E-state index in [2.05, 4.69) is 19.8 Å². The van der Waals surface area contributed by atoms with Gasteiger partial charge in [-0.15, -0.1) is 5.10 Å². The molecule has 1 saturated carbocycles. The smallest absolute Gasteiger partial charge is 0.267 e. The van der Waals surface area contributed by atoms with Crippen molar-refractivity contribution in [2.24, 2.45) is 0 Å². The van der Waals surface area contributed by atoms with Crippen molar-refractivity contribution >= 4 is 17.4 Å². The summed E-state index contributed by atoms with van der Waals surface area (Å²) in [5.41, 5.74) is 0.849. The normalized spacial score (nSPS) is 22.8. The number of nitrogens with one attached hydrogen (secondary N) is 1. The van der Waals surface area contributed by atoms with Gasteiger partial charge in [0.25, 0.3) is 5.91 Å². The monoisotopic (exact) mass is 294 g/mol. The van der Waals surface area contributed by atoms with Crippen LogP contribution in [0.15, 0.2) is 0 Å². The molecule has 1 atom stereocenters. The van der Waals surface area contributed by atoms with E-state index in [0.717, 1.165) is 42.9 Å². The first-order chi connectivity index (χ1) is 9.79. The average Bonchev–Trinajstić information content (AvgIpc) is 3.21. The molecule has 0 radical (unpaired) electrons. The lowest BCUT2D eigenvalue weighted by Crippen LogP contribution is -2.46. The molecule has 1 aliphatic heterocycles. The minimum atomic E-state index is 0.145. The predicted molar refractivity (Wildman–Crippen MR) is 79.0 cm³/mol. The average molecular weight is 294 g/mol. The lowest BCUT2D eigenvalue weighted by Gasteiger charge is -2.30. The van der Waals surface area contributed by atoms with E-state index in [4.69, 9.17) is 0 Å². The minimum Gasteiger partial charge on any atom is -0.333 e. The maximum Gasteiger partial charge on any atom is 0.267 e. The zero-order valence-corrected chi connectivity index (χ0v) is 12.8. The number of nitrogens with zero attached hydrogens (tertiary/aromatic N) is 3. The van der Waals surface area contributed by atoms with E-state index < -0.39 is 0 Å². The second kappa shape index (κ2) is 6.18. The van der Waals surface area contributed by atoms with Crippen molar-refractivity contribution in [3.05, 3.63) is 10.6 Å². The highest BCUT2D eigenvalue weighted by Gasteiger charge is 2.36. The molecule has 1 aliphatic carbocycles. The van der Waals surface area contributed by atoms with Crippen LogP contribution in [0, 0.1) is 0 Å². The van der Waals surface area contributed by atoms with Crippen LogP contribution in [-0.4, -0.2) is 45.6 Å². The molecule has 0 aromatic carbocycles. The van der Waals surface area contributed by atoms with E-state index >= 15 is 0 Å². The van der Waals surface area contributed by atoms with E-state index in [9.17, 15) is 4.79 Å². The number of hydrogen-bond acceptors (Lipinski definition) is 5. The Hall–Kier alpha value is -1.01. The van der Waals surface area contributed by atoms with Gasteiger partial charge in [-0.3, -0.25) is 4.79 Å². The van der Waals surface area contributed by atoms with Gasteiger partial charge in [0.1, 0.15) is 4.88 Å². The van der Waals surface area contributed by atoms with Crippen molar-refractivity contribution in [1.29, 1.82) is 0 Å². The molecule has 6 heteroatoms. The molecule has 5 nitrogen and oxygen atoms in total. The summed E-state index contributed by atoms with van der Waals surface area (Å²) in [6, 6.07) is 0.900. The van der Waals surface area contributed by atoms with Crippen LogP contribution in [0.1, 0.15) is 54.4 Å². The summed E-state index contributed by atoms with van der Waals surface area (Å²) in [5, 5.41) is 7.61. The second-order valence-electron chi connectivity index (χ2n) is 5.74. The quantitative estimate of drug-likeness (QED) is 0.900. The van der Waals surface area contributed by atoms with E-state index in [1.807, 2.05) is 6.92 Å². The largest absolute Gasteiger partial charge is 0.333 e. The summed E-state index contributed by atoms with van der Waals surface area (Å²) in [5.74, 6) is 0.145. The summed E-state index contributed by atoms with van der Waals surface area (Å²) in [4.78, 5) is 15.6. The highest BCUT2D eigenvalue weighted by Crippen LogP contribution is 2.30. The Kier molecular flexibility index (Phi) is 4.31. The van der Waals surface area contributed by atoms with Crippen LogP contribution < -0.4 is 5.32 Å². The van der Waals surface area contributed by atoms with Gasteiger partial charge in [0.05, 0.1) is 5.69 Å². The van der Waals surface area contributed by atoms with Crippen LogP contribution in [0.5, 0.6) is 0 Å². The third kappa shape index (κ3) is 3.01. The molecule has 1 saturated heterocycles. The molecule has 1 N–H and O–H groups in total. The minimum absolute atomic E-state index is 0.145. The molecule has 3 rings (SSSR count). The number of carbonyl (C=O) groups is 1. The molecule has 20 heavy (non-hydrogen) atoms. The molecular weight excluding hydrogens is 272 g/mol. The first kappa shape index (κ1) is 13.9. The van der Waals surface area contributed by atoms with Gasteiger partial charge in [-0.2, -0.15) is 0 Å². The molecule has 0 spiro atoms. The third-order valence-corrected chi connectivity index (χ3v) is 4.92. The van der Waals surface area contributed by atoms with E-state index in [-0.39, 0.29) is 5.91 Å². The SMILES string of the molecule is CCc1nnsc1C(=O)N(CC1CCCCN1)C1CC1. The maximum atomic E-state index is 12.8. The summed E-state index contributed by atoms with van der Waals surface area (Å²) < 4.78 is 3.95. The predicted octanol–water partition coefficient (Wildman–Crippen LogP) is 1.85. The van der Waals surface area contributed by atoms with Crippen LogP contribution in [0.3, 0.4) is 0 Å². The molecule has 1 aromatic heterocycles. The highest BCUT2D eigenvalue weighted by atomic mass is 32.1. The fourth-order valence-electron chi connectivity index (χ4n) is 2.83. The summed E-state index contributed by atoms with van der Waals surface area (Å²) in [6.07, 6.45) is 6.77. The van der Waals surface area contributed by atoms with Gasteiger partial charge in [0.2, 0.25) is 0 Å². The van der Waals surface area contributed by atoms with Crippen molar-refractivity contribution in [1.82, 2.24) is 19.8 Å². The molecule has 1 amide bonds. The Labute approximate surface area is 123 Å². The number of amides is 1. The fraction of sp³-hybridized carbons (Fsp3) is 0.786. The van der Waals surface area contributed by atoms with Crippen molar-refractivity contribution in [2.75, 3.05) is 13.1 Å². The lowest BCUT2D eigenvalue weighted by atomic mass is 10.0. The molecule has 1 unspecified atom stereocenters. The van der Waals surface area contributed by atoms with Gasteiger partial charge in [0, 0.05) is 18.6 Å². The van der Waals surface area contributed by atoms with Gasteiger partial charge in [-0.1, -0.05) is 17.8 Å². The molecule has 0 bridgehead atoms. The Morgan fingerprint density at radius 3 is 2.90 bits per heavy atom. The van der Waals surface area contributed by atoms with E-state index in [0.29, 0.717) is 12.1 Å². The van der Waals surface area contributed by atoms with Gasteiger partial charge in [0.15, 0.2) is 0 Å². The molecule has 2 heterocycles. The lowest BCUT2D eigenvalue weighted by molar-refractivity contribution is 0.0721. The summed E-state index contributed by atoms with van der Waals surface area (Å²) in [7, 11) is 0. The van der Waals surface area contributed by atoms with Gasteiger partial charge < -0.3 is 10.2 Å². The molecule has 2 fully saturated rings. The molecule has 1 aromatic rings. The van der Waals surface area contributed by atoms with Crippen molar-refractivity contribution in [2.45, 2.75) is 57.5 Å². The Balaban J connectivity index is 1.71. The number of aryl methyl sites for hydroxylation is 1. The molecule has 110 valence electrons. The van der Waals surface area contributed by atoms with Crippen LogP contribution in [0.4, 0.5) is 0 Å². The standard InChI is InChI=1S/C14H22N4OS/c1-2-12-13(20-17-16-12)14(19)18(11-6-7-11)9-10-5-3-4-8-15-10/h10-11,15H,2-9H2,1H3. The number of piperidine rings is 1. The van der Waals surface area contributed by atoms with Crippen molar-refractivity contribution in [3.8, 4) is 0 Å². The van der Waals surface area contributed by atoms with E-state index in [1.165, 1.54) is 30.8 Å². The van der Waals surface area contributed by atoms with Gasteiger partial charge in [-0.05, 0) is 50.2 Å². The maximum absolute atomic E-state index is 12.8. The first-order valence-corrected chi connectivity index (χ1v) is 8.42. The fourth-order valence-corrected chi connectivity index (χ4v) is 3.54.